The molecule has 0 radical (unpaired) electrons. The van der Waals surface area contributed by atoms with E-state index in [4.69, 9.17) is 10.2 Å². The van der Waals surface area contributed by atoms with E-state index < -0.39 is 0 Å². The van der Waals surface area contributed by atoms with Gasteiger partial charge in [-0.15, -0.1) is 0 Å². The monoisotopic (exact) mass is 272 g/mol. The van der Waals surface area contributed by atoms with Gasteiger partial charge in [-0.2, -0.15) is 0 Å². The molecule has 1 aromatic heterocycles. The van der Waals surface area contributed by atoms with Gasteiger partial charge in [-0.25, -0.2) is 0 Å². The van der Waals surface area contributed by atoms with Crippen molar-refractivity contribution in [2.75, 3.05) is 6.54 Å². The molecule has 3 heteroatoms. The lowest BCUT2D eigenvalue weighted by Gasteiger charge is -2.27. The zero-order chi connectivity index (χ0) is 13.9. The largest absolute Gasteiger partial charge is 0.459 e. The van der Waals surface area contributed by atoms with Crippen molar-refractivity contribution < 1.29 is 4.42 Å². The van der Waals surface area contributed by atoms with Crippen LogP contribution in [0.2, 0.25) is 0 Å². The van der Waals surface area contributed by atoms with Gasteiger partial charge in [0.2, 0.25) is 0 Å². The summed E-state index contributed by atoms with van der Waals surface area (Å²) in [6.45, 7) is 4.79. The summed E-state index contributed by atoms with van der Waals surface area (Å²) in [6.07, 6.45) is 5.41. The quantitative estimate of drug-likeness (QED) is 0.903. The average molecular weight is 272 g/mol. The Morgan fingerprint density at radius 3 is 2.70 bits per heavy atom. The lowest BCUT2D eigenvalue weighted by Crippen LogP contribution is -2.32. The van der Waals surface area contributed by atoms with Crippen LogP contribution in [-0.2, 0) is 13.1 Å². The third-order valence-electron chi connectivity index (χ3n) is 4.58. The van der Waals surface area contributed by atoms with Crippen LogP contribution >= 0.6 is 0 Å². The van der Waals surface area contributed by atoms with E-state index in [1.807, 2.05) is 12.1 Å². The van der Waals surface area contributed by atoms with E-state index >= 15 is 0 Å². The van der Waals surface area contributed by atoms with Crippen molar-refractivity contribution in [3.8, 4) is 0 Å². The minimum atomic E-state index is 0.478. The van der Waals surface area contributed by atoms with Crippen LogP contribution in [0.25, 0.3) is 11.0 Å². The molecule has 2 N–H and O–H groups in total. The molecule has 1 aliphatic rings. The number of furan rings is 1. The molecule has 3 nitrogen and oxygen atoms in total. The first kappa shape index (κ1) is 13.7. The molecule has 20 heavy (non-hydrogen) atoms. The molecular weight excluding hydrogens is 248 g/mol. The van der Waals surface area contributed by atoms with Crippen LogP contribution in [0.4, 0.5) is 0 Å². The molecule has 3 rings (SSSR count). The maximum atomic E-state index is 5.90. The first-order chi connectivity index (χ1) is 9.83. The summed E-state index contributed by atoms with van der Waals surface area (Å²) in [5.41, 5.74) is 8.12. The molecule has 0 aliphatic heterocycles. The van der Waals surface area contributed by atoms with Crippen LogP contribution in [0.1, 0.15) is 43.9 Å². The molecule has 1 aliphatic carbocycles. The van der Waals surface area contributed by atoms with E-state index in [1.165, 1.54) is 36.6 Å². The Balaban J connectivity index is 1.91. The number of hydrogen-bond acceptors (Lipinski definition) is 3. The molecule has 1 heterocycles. The molecule has 0 saturated heterocycles. The Morgan fingerprint density at radius 2 is 2.00 bits per heavy atom. The first-order valence-electron chi connectivity index (χ1n) is 7.77. The van der Waals surface area contributed by atoms with Gasteiger partial charge in [-0.05, 0) is 25.5 Å². The number of nitrogens with two attached hydrogens (primary N) is 1. The number of rotatable bonds is 5. The molecule has 2 aromatic rings. The fourth-order valence-electron chi connectivity index (χ4n) is 3.46. The Hall–Kier alpha value is -1.32. The summed E-state index contributed by atoms with van der Waals surface area (Å²) in [6, 6.07) is 9.01. The molecular formula is C17H24N2O. The van der Waals surface area contributed by atoms with E-state index in [9.17, 15) is 0 Å². The van der Waals surface area contributed by atoms with Crippen LogP contribution < -0.4 is 5.73 Å². The molecule has 0 bridgehead atoms. The fourth-order valence-corrected chi connectivity index (χ4v) is 3.46. The molecule has 1 saturated carbocycles. The molecule has 0 spiro atoms. The average Bonchev–Trinajstić information content (AvgIpc) is 3.12. The van der Waals surface area contributed by atoms with Crippen molar-refractivity contribution in [3.05, 3.63) is 35.6 Å². The summed E-state index contributed by atoms with van der Waals surface area (Å²) in [4.78, 5) is 2.59. The van der Waals surface area contributed by atoms with Crippen LogP contribution in [0, 0.1) is 0 Å². The third kappa shape index (κ3) is 2.48. The maximum absolute atomic E-state index is 5.90. The number of para-hydroxylation sites is 1. The molecule has 1 aromatic carbocycles. The fraction of sp³-hybridized carbons (Fsp3) is 0.529. The Morgan fingerprint density at radius 1 is 1.25 bits per heavy atom. The second-order valence-corrected chi connectivity index (χ2v) is 5.71. The highest BCUT2D eigenvalue weighted by Crippen LogP contribution is 2.30. The standard InChI is InChI=1S/C17H24N2O/c1-2-19(13-7-3-4-8-13)12-15-14-9-5-6-10-16(14)20-17(15)11-18/h5-6,9-10,13H,2-4,7-8,11-12,18H2,1H3. The van der Waals surface area contributed by atoms with Crippen molar-refractivity contribution in [3.63, 3.8) is 0 Å². The Labute approximate surface area is 120 Å². The number of benzene rings is 1. The van der Waals surface area contributed by atoms with Gasteiger partial charge in [0.05, 0.1) is 6.54 Å². The van der Waals surface area contributed by atoms with E-state index in [0.717, 1.165) is 30.5 Å². The molecule has 0 atom stereocenters. The van der Waals surface area contributed by atoms with Crippen molar-refractivity contribution in [2.24, 2.45) is 5.73 Å². The third-order valence-corrected chi connectivity index (χ3v) is 4.58. The summed E-state index contributed by atoms with van der Waals surface area (Å²) in [5.74, 6) is 0.947. The van der Waals surface area contributed by atoms with E-state index in [2.05, 4.69) is 24.0 Å². The highest BCUT2D eigenvalue weighted by Gasteiger charge is 2.23. The van der Waals surface area contributed by atoms with Gasteiger partial charge in [0, 0.05) is 23.5 Å². The number of hydrogen-bond donors (Lipinski definition) is 1. The van der Waals surface area contributed by atoms with Crippen molar-refractivity contribution in [1.82, 2.24) is 4.90 Å². The zero-order valence-electron chi connectivity index (χ0n) is 12.3. The predicted octanol–water partition coefficient (Wildman–Crippen LogP) is 3.66. The summed E-state index contributed by atoms with van der Waals surface area (Å²) in [7, 11) is 0. The van der Waals surface area contributed by atoms with Crippen LogP contribution in [0.5, 0.6) is 0 Å². The highest BCUT2D eigenvalue weighted by atomic mass is 16.3. The minimum absolute atomic E-state index is 0.478. The van der Waals surface area contributed by atoms with Crippen molar-refractivity contribution >= 4 is 11.0 Å². The lowest BCUT2D eigenvalue weighted by atomic mass is 10.1. The molecule has 0 amide bonds. The van der Waals surface area contributed by atoms with Gasteiger partial charge in [0.25, 0.3) is 0 Å². The van der Waals surface area contributed by atoms with Crippen molar-refractivity contribution in [1.29, 1.82) is 0 Å². The maximum Gasteiger partial charge on any atom is 0.134 e. The van der Waals surface area contributed by atoms with E-state index in [0.29, 0.717) is 6.54 Å². The lowest BCUT2D eigenvalue weighted by molar-refractivity contribution is 0.199. The second kappa shape index (κ2) is 5.98. The molecule has 1 fully saturated rings. The van der Waals surface area contributed by atoms with Crippen LogP contribution in [-0.4, -0.2) is 17.5 Å². The first-order valence-corrected chi connectivity index (χ1v) is 7.77. The Kier molecular flexibility index (Phi) is 4.08. The van der Waals surface area contributed by atoms with Gasteiger partial charge in [0.15, 0.2) is 0 Å². The highest BCUT2D eigenvalue weighted by molar-refractivity contribution is 5.82. The molecule has 108 valence electrons. The SMILES string of the molecule is CCN(Cc1c(CN)oc2ccccc12)C1CCCC1. The second-order valence-electron chi connectivity index (χ2n) is 5.71. The predicted molar refractivity (Wildman–Crippen MR) is 82.4 cm³/mol. The summed E-state index contributed by atoms with van der Waals surface area (Å²) in [5, 5.41) is 1.23. The van der Waals surface area contributed by atoms with Gasteiger partial charge in [-0.1, -0.05) is 38.0 Å². The minimum Gasteiger partial charge on any atom is -0.459 e. The zero-order valence-corrected chi connectivity index (χ0v) is 12.3. The molecule has 0 unspecified atom stereocenters. The number of fused-ring (bicyclic) bond motifs is 1. The summed E-state index contributed by atoms with van der Waals surface area (Å²) < 4.78 is 5.90. The Bertz CT molecular complexity index is 569. The van der Waals surface area contributed by atoms with Gasteiger partial charge < -0.3 is 10.2 Å². The van der Waals surface area contributed by atoms with Gasteiger partial charge in [-0.3, -0.25) is 4.90 Å². The number of nitrogens with zero attached hydrogens (tertiary/aromatic N) is 1. The summed E-state index contributed by atoms with van der Waals surface area (Å²) >= 11 is 0. The van der Waals surface area contributed by atoms with Crippen molar-refractivity contribution in [2.45, 2.75) is 51.7 Å². The smallest absolute Gasteiger partial charge is 0.134 e. The van der Waals surface area contributed by atoms with E-state index in [1.54, 1.807) is 0 Å². The van der Waals surface area contributed by atoms with Gasteiger partial charge in [0.1, 0.15) is 11.3 Å². The van der Waals surface area contributed by atoms with Gasteiger partial charge >= 0.3 is 0 Å². The van der Waals surface area contributed by atoms with E-state index in [-0.39, 0.29) is 0 Å². The topological polar surface area (TPSA) is 42.4 Å². The normalized spacial score (nSPS) is 16.6. The van der Waals surface area contributed by atoms with Crippen LogP contribution in [0.15, 0.2) is 28.7 Å². The van der Waals surface area contributed by atoms with Crippen LogP contribution in [0.3, 0.4) is 0 Å².